The molecular formula is C27H36N4O3. The van der Waals surface area contributed by atoms with Crippen LogP contribution < -0.4 is 5.32 Å². The Balaban J connectivity index is 0.962. The van der Waals surface area contributed by atoms with Gasteiger partial charge in [0.1, 0.15) is 0 Å². The number of fused-ring (bicyclic) bond motifs is 1. The Hall–Kier alpha value is -2.15. The van der Waals surface area contributed by atoms with Crippen LogP contribution in [0.3, 0.4) is 0 Å². The lowest BCUT2D eigenvalue weighted by molar-refractivity contribution is -0.295. The van der Waals surface area contributed by atoms with Gasteiger partial charge in [0.15, 0.2) is 0 Å². The van der Waals surface area contributed by atoms with E-state index in [0.717, 1.165) is 71.0 Å². The van der Waals surface area contributed by atoms with Gasteiger partial charge in [-0.05, 0) is 98.1 Å². The maximum atomic E-state index is 13.6. The maximum Gasteiger partial charge on any atom is 0.320 e. The number of nitrogens with one attached hydrogen (secondary N) is 1. The molecule has 7 nitrogen and oxygen atoms in total. The number of pyridine rings is 1. The van der Waals surface area contributed by atoms with Crippen LogP contribution in [-0.2, 0) is 4.79 Å². The summed E-state index contributed by atoms with van der Waals surface area (Å²) >= 11 is 0. The molecule has 182 valence electrons. The molecule has 3 heterocycles. The van der Waals surface area contributed by atoms with Crippen LogP contribution in [0, 0.1) is 28.6 Å². The highest BCUT2D eigenvalue weighted by Gasteiger charge is 2.86. The quantitative estimate of drug-likeness (QED) is 0.720. The van der Waals surface area contributed by atoms with Gasteiger partial charge in [0.25, 0.3) is 0 Å². The standard InChI is InChI=1S/C27H36N4O3/c32-23-21-12-17-13-26(15-22(23)27(21,26)14-17)24(33)29-20-2-1-9-31(16-20)25(34)30-10-5-19(6-11-30)18-3-7-28-8-4-18/h3-4,7-8,17,19-23,32H,1-2,5-6,9-16H2,(H,29,33)/t17?,20-,21?,22?,23?,26?,27?/m0/s1. The van der Waals surface area contributed by atoms with Crippen LogP contribution in [0.15, 0.2) is 24.5 Å². The van der Waals surface area contributed by atoms with Crippen LogP contribution in [0.25, 0.3) is 0 Å². The van der Waals surface area contributed by atoms with Crippen molar-refractivity contribution in [3.63, 3.8) is 0 Å². The first-order valence-electron chi connectivity index (χ1n) is 13.4. The summed E-state index contributed by atoms with van der Waals surface area (Å²) in [5.74, 6) is 2.06. The van der Waals surface area contributed by atoms with E-state index in [-0.39, 0.29) is 34.9 Å². The van der Waals surface area contributed by atoms with Crippen LogP contribution in [0.5, 0.6) is 0 Å². The lowest BCUT2D eigenvalue weighted by Gasteiger charge is -2.73. The number of hydrogen-bond acceptors (Lipinski definition) is 4. The average Bonchev–Trinajstić information content (AvgIpc) is 3.38. The fourth-order valence-electron chi connectivity index (χ4n) is 9.41. The van der Waals surface area contributed by atoms with Crippen LogP contribution in [0.1, 0.15) is 62.8 Å². The summed E-state index contributed by atoms with van der Waals surface area (Å²) < 4.78 is 0. The number of aliphatic hydroxyl groups excluding tert-OH is 1. The number of rotatable bonds is 3. The number of piperidine rings is 2. The number of amides is 3. The summed E-state index contributed by atoms with van der Waals surface area (Å²) in [6, 6.07) is 4.36. The zero-order chi connectivity index (χ0) is 23.1. The van der Waals surface area contributed by atoms with Gasteiger partial charge in [-0.1, -0.05) is 0 Å². The molecule has 2 saturated heterocycles. The second kappa shape index (κ2) is 7.42. The summed E-state index contributed by atoms with van der Waals surface area (Å²) in [6.45, 7) is 2.98. The number of aliphatic hydroxyl groups is 1. The molecule has 1 aromatic rings. The summed E-state index contributed by atoms with van der Waals surface area (Å²) in [6.07, 6.45) is 11.5. The van der Waals surface area contributed by atoms with E-state index in [1.54, 1.807) is 0 Å². The van der Waals surface area contributed by atoms with Crippen molar-refractivity contribution >= 4 is 11.9 Å². The third-order valence-electron chi connectivity index (χ3n) is 10.9. The summed E-state index contributed by atoms with van der Waals surface area (Å²) in [7, 11) is 0. The van der Waals surface area contributed by atoms with Crippen molar-refractivity contribution in [1.29, 1.82) is 0 Å². The van der Waals surface area contributed by atoms with Crippen LogP contribution in [-0.4, -0.2) is 70.2 Å². The Bertz CT molecular complexity index is 995. The van der Waals surface area contributed by atoms with E-state index < -0.39 is 0 Å². The molecule has 6 aliphatic rings. The van der Waals surface area contributed by atoms with E-state index in [0.29, 0.717) is 30.2 Å². The molecular weight excluding hydrogens is 428 g/mol. The van der Waals surface area contributed by atoms with Crippen LogP contribution in [0.2, 0.25) is 0 Å². The maximum absolute atomic E-state index is 13.6. The first kappa shape index (κ1) is 21.2. The number of carbonyl (C=O) groups is 2. The molecule has 3 amide bonds. The van der Waals surface area contributed by atoms with Crippen LogP contribution >= 0.6 is 0 Å². The first-order chi connectivity index (χ1) is 16.5. The van der Waals surface area contributed by atoms with Gasteiger partial charge in [0, 0.05) is 44.6 Å². The second-order valence-corrected chi connectivity index (χ2v) is 12.1. The highest BCUT2D eigenvalue weighted by Crippen LogP contribution is 2.86. The van der Waals surface area contributed by atoms with Gasteiger partial charge >= 0.3 is 6.03 Å². The van der Waals surface area contributed by atoms with Gasteiger partial charge in [-0.3, -0.25) is 9.78 Å². The number of aromatic nitrogens is 1. The molecule has 34 heavy (non-hydrogen) atoms. The number of likely N-dealkylation sites (tertiary alicyclic amines) is 2. The van der Waals surface area contributed by atoms with Crippen molar-refractivity contribution < 1.29 is 14.7 Å². The Morgan fingerprint density at radius 2 is 1.79 bits per heavy atom. The summed E-state index contributed by atoms with van der Waals surface area (Å²) in [5, 5.41) is 13.9. The van der Waals surface area contributed by atoms with Crippen molar-refractivity contribution in [3.05, 3.63) is 30.1 Å². The minimum Gasteiger partial charge on any atom is -0.393 e. The van der Waals surface area contributed by atoms with Gasteiger partial charge < -0.3 is 20.2 Å². The molecule has 2 N–H and O–H groups in total. The number of urea groups is 1. The number of nitrogens with zero attached hydrogens (tertiary/aromatic N) is 3. The van der Waals surface area contributed by atoms with Crippen molar-refractivity contribution in [3.8, 4) is 0 Å². The van der Waals surface area contributed by atoms with E-state index in [1.807, 2.05) is 22.2 Å². The molecule has 6 unspecified atom stereocenters. The lowest BCUT2D eigenvalue weighted by Crippen LogP contribution is -2.77. The Morgan fingerprint density at radius 1 is 1.00 bits per heavy atom. The lowest BCUT2D eigenvalue weighted by atomic mass is 9.30. The SMILES string of the molecule is O=C(N1CCC(c2ccncc2)CC1)N1CCC[C@H](NC(=O)C23CC4CC5C(O)C(C2)C53C4)C1. The molecule has 7 heteroatoms. The largest absolute Gasteiger partial charge is 0.393 e. The van der Waals surface area contributed by atoms with Crippen molar-refractivity contribution in [2.45, 2.75) is 69.4 Å². The highest BCUT2D eigenvalue weighted by molar-refractivity contribution is 5.87. The van der Waals surface area contributed by atoms with E-state index in [2.05, 4.69) is 22.4 Å². The van der Waals surface area contributed by atoms with E-state index in [1.165, 1.54) is 5.56 Å². The molecule has 0 aromatic carbocycles. The average molecular weight is 465 g/mol. The molecule has 7 atom stereocenters. The molecule has 7 rings (SSSR count). The summed E-state index contributed by atoms with van der Waals surface area (Å²) in [5.41, 5.74) is 1.19. The topological polar surface area (TPSA) is 85.8 Å². The first-order valence-corrected chi connectivity index (χ1v) is 13.4. The minimum absolute atomic E-state index is 0.0481. The van der Waals surface area contributed by atoms with Gasteiger partial charge in [0.2, 0.25) is 5.91 Å². The molecule has 4 aliphatic carbocycles. The molecule has 6 fully saturated rings. The fourth-order valence-corrected chi connectivity index (χ4v) is 9.41. The Labute approximate surface area is 201 Å². The Morgan fingerprint density at radius 3 is 2.59 bits per heavy atom. The van der Waals surface area contributed by atoms with Gasteiger partial charge in [-0.25, -0.2) is 4.79 Å². The fraction of sp³-hybridized carbons (Fsp3) is 0.741. The molecule has 4 saturated carbocycles. The molecule has 1 spiro atoms. The highest BCUT2D eigenvalue weighted by atomic mass is 16.3. The van der Waals surface area contributed by atoms with Crippen LogP contribution in [0.4, 0.5) is 4.79 Å². The monoisotopic (exact) mass is 464 g/mol. The minimum atomic E-state index is -0.231. The zero-order valence-electron chi connectivity index (χ0n) is 19.9. The van der Waals surface area contributed by atoms with Crippen molar-refractivity contribution in [2.75, 3.05) is 26.2 Å². The normalized spacial score (nSPS) is 42.6. The van der Waals surface area contributed by atoms with E-state index >= 15 is 0 Å². The third kappa shape index (κ3) is 2.70. The van der Waals surface area contributed by atoms with Gasteiger partial charge in [-0.2, -0.15) is 0 Å². The molecule has 1 aromatic heterocycles. The Kier molecular flexibility index (Phi) is 4.62. The number of carbonyl (C=O) groups excluding carboxylic acids is 2. The summed E-state index contributed by atoms with van der Waals surface area (Å²) in [4.78, 5) is 35.0. The third-order valence-corrected chi connectivity index (χ3v) is 10.9. The smallest absolute Gasteiger partial charge is 0.320 e. The van der Waals surface area contributed by atoms with Crippen molar-refractivity contribution in [1.82, 2.24) is 20.1 Å². The molecule has 0 radical (unpaired) electrons. The van der Waals surface area contributed by atoms with Crippen molar-refractivity contribution in [2.24, 2.45) is 28.6 Å². The van der Waals surface area contributed by atoms with Gasteiger partial charge in [0.05, 0.1) is 11.5 Å². The van der Waals surface area contributed by atoms with E-state index in [4.69, 9.17) is 0 Å². The predicted octanol–water partition coefficient (Wildman–Crippen LogP) is 2.76. The van der Waals surface area contributed by atoms with E-state index in [9.17, 15) is 14.7 Å². The predicted molar refractivity (Wildman–Crippen MR) is 126 cm³/mol. The van der Waals surface area contributed by atoms with Gasteiger partial charge in [-0.15, -0.1) is 0 Å². The number of hydrogen-bond donors (Lipinski definition) is 2. The zero-order valence-corrected chi connectivity index (χ0v) is 19.9. The molecule has 2 aliphatic heterocycles. The molecule has 2 bridgehead atoms. The second-order valence-electron chi connectivity index (χ2n) is 12.1.